The summed E-state index contributed by atoms with van der Waals surface area (Å²) in [5.74, 6) is 1.32. The van der Waals surface area contributed by atoms with E-state index in [1.807, 2.05) is 0 Å². The summed E-state index contributed by atoms with van der Waals surface area (Å²) in [4.78, 5) is 10.5. The second kappa shape index (κ2) is 12.0. The lowest BCUT2D eigenvalue weighted by molar-refractivity contribution is -0.133. The largest absolute Gasteiger partial charge is 0.481 e. The summed E-state index contributed by atoms with van der Waals surface area (Å²) >= 11 is 1.43. The molecule has 2 heterocycles. The number of ether oxygens (including phenoxy) is 1. The summed E-state index contributed by atoms with van der Waals surface area (Å²) in [6, 6.07) is 0. The summed E-state index contributed by atoms with van der Waals surface area (Å²) in [6.45, 7) is 2.21. The Morgan fingerprint density at radius 2 is 1.92 bits per heavy atom. The maximum atomic E-state index is 10.5. The number of unbranched alkanes of at least 4 members (excludes halogenated alkanes) is 3. The molecule has 2 aliphatic rings. The lowest BCUT2D eigenvalue weighted by Gasteiger charge is -2.28. The van der Waals surface area contributed by atoms with Gasteiger partial charge in [0.15, 0.2) is 0 Å². The van der Waals surface area contributed by atoms with Crippen LogP contribution >= 0.6 is 11.8 Å². The van der Waals surface area contributed by atoms with Gasteiger partial charge in [0.05, 0.1) is 24.1 Å². The quantitative estimate of drug-likeness (QED) is 0.337. The van der Waals surface area contributed by atoms with Crippen LogP contribution in [0.5, 0.6) is 0 Å². The molecule has 150 valence electrons. The first kappa shape index (κ1) is 21.8. The first-order chi connectivity index (χ1) is 12.6. The number of thioether (sulfide) groups is 1. The first-order valence-corrected chi connectivity index (χ1v) is 11.5. The van der Waals surface area contributed by atoms with E-state index >= 15 is 0 Å². The Balaban J connectivity index is 1.68. The Hall–Kier alpha value is -0.520. The van der Waals surface area contributed by atoms with E-state index in [1.165, 1.54) is 43.9 Å². The predicted octanol–water partition coefficient (Wildman–Crippen LogP) is 4.66. The van der Waals surface area contributed by atoms with Crippen molar-refractivity contribution in [3.63, 3.8) is 0 Å². The van der Waals surface area contributed by atoms with E-state index in [-0.39, 0.29) is 11.9 Å². The number of aliphatic carboxylic acids is 1. The minimum atomic E-state index is -0.752. The second-order valence-electron chi connectivity index (χ2n) is 7.81. The summed E-state index contributed by atoms with van der Waals surface area (Å²) in [5, 5.41) is 18.9. The maximum absolute atomic E-state index is 10.5. The van der Waals surface area contributed by atoms with Gasteiger partial charge in [0, 0.05) is 5.75 Å². The zero-order valence-electron chi connectivity index (χ0n) is 16.1. The summed E-state index contributed by atoms with van der Waals surface area (Å²) in [5.41, 5.74) is 0. The van der Waals surface area contributed by atoms with Crippen molar-refractivity contribution in [1.82, 2.24) is 0 Å². The standard InChI is InChI=1S/C21H36O4S/c1-2-3-4-5-8-16(22)10-11-18-17(19-12-13-20(18)25-19)9-6-7-14-26-15-21(23)24/h6-7,16-20,22H,2-5,8-15H2,1H3,(H,23,24)/t16?,17-,18+,19-,20+/m0/s1. The van der Waals surface area contributed by atoms with Crippen molar-refractivity contribution in [2.24, 2.45) is 11.8 Å². The highest BCUT2D eigenvalue weighted by Crippen LogP contribution is 2.47. The number of aliphatic hydroxyl groups is 1. The number of aliphatic hydroxyl groups excluding tert-OH is 1. The van der Waals surface area contributed by atoms with E-state index in [1.54, 1.807) is 0 Å². The highest BCUT2D eigenvalue weighted by atomic mass is 32.2. The number of hydrogen-bond acceptors (Lipinski definition) is 4. The van der Waals surface area contributed by atoms with E-state index in [4.69, 9.17) is 9.84 Å². The molecule has 4 nitrogen and oxygen atoms in total. The number of carboxylic acids is 1. The SMILES string of the molecule is CCCCCCC(O)CC[C@@H]1[C@H](CC=CCSCC(=O)O)[C@@H]2CC[C@H]1O2. The summed E-state index contributed by atoms with van der Waals surface area (Å²) in [7, 11) is 0. The van der Waals surface area contributed by atoms with Gasteiger partial charge < -0.3 is 14.9 Å². The highest BCUT2D eigenvalue weighted by Gasteiger charge is 2.47. The van der Waals surface area contributed by atoms with Gasteiger partial charge in [-0.05, 0) is 50.4 Å². The molecule has 2 N–H and O–H groups in total. The molecule has 2 bridgehead atoms. The van der Waals surface area contributed by atoms with E-state index in [0.29, 0.717) is 24.0 Å². The van der Waals surface area contributed by atoms with E-state index in [0.717, 1.165) is 37.9 Å². The minimum Gasteiger partial charge on any atom is -0.481 e. The predicted molar refractivity (Wildman–Crippen MR) is 108 cm³/mol. The normalized spacial score (nSPS) is 28.8. The average Bonchev–Trinajstić information content (AvgIpc) is 3.21. The van der Waals surface area contributed by atoms with Gasteiger partial charge in [0.25, 0.3) is 0 Å². The van der Waals surface area contributed by atoms with Crippen molar-refractivity contribution in [3.05, 3.63) is 12.2 Å². The smallest absolute Gasteiger partial charge is 0.313 e. The third kappa shape index (κ3) is 7.24. The van der Waals surface area contributed by atoms with Crippen molar-refractivity contribution in [2.75, 3.05) is 11.5 Å². The topological polar surface area (TPSA) is 66.8 Å². The van der Waals surface area contributed by atoms with Crippen LogP contribution in [0.2, 0.25) is 0 Å². The Bertz CT molecular complexity index is 440. The molecule has 1 unspecified atom stereocenters. The van der Waals surface area contributed by atoms with Gasteiger partial charge in [0.2, 0.25) is 0 Å². The van der Waals surface area contributed by atoms with Crippen LogP contribution in [0.3, 0.4) is 0 Å². The van der Waals surface area contributed by atoms with E-state index in [2.05, 4.69) is 19.1 Å². The van der Waals surface area contributed by atoms with Gasteiger partial charge in [-0.1, -0.05) is 44.8 Å². The molecule has 2 aliphatic heterocycles. The third-order valence-electron chi connectivity index (χ3n) is 5.83. The summed E-state index contributed by atoms with van der Waals surface area (Å²) < 4.78 is 6.15. The Morgan fingerprint density at radius 3 is 2.65 bits per heavy atom. The zero-order valence-corrected chi connectivity index (χ0v) is 17.0. The lowest BCUT2D eigenvalue weighted by atomic mass is 9.75. The maximum Gasteiger partial charge on any atom is 0.313 e. The number of fused-ring (bicyclic) bond motifs is 2. The Kier molecular flexibility index (Phi) is 10.1. The molecule has 0 spiro atoms. The molecule has 26 heavy (non-hydrogen) atoms. The van der Waals surface area contributed by atoms with Crippen LogP contribution in [-0.2, 0) is 9.53 Å². The van der Waals surface area contributed by atoms with Crippen molar-refractivity contribution < 1.29 is 19.7 Å². The molecule has 0 saturated carbocycles. The van der Waals surface area contributed by atoms with Crippen LogP contribution in [0.25, 0.3) is 0 Å². The summed E-state index contributed by atoms with van der Waals surface area (Å²) in [6.07, 6.45) is 16.1. The molecule has 5 heteroatoms. The van der Waals surface area contributed by atoms with Crippen molar-refractivity contribution in [2.45, 2.75) is 89.4 Å². The monoisotopic (exact) mass is 384 g/mol. The fraction of sp³-hybridized carbons (Fsp3) is 0.857. The van der Waals surface area contributed by atoms with Gasteiger partial charge in [-0.15, -0.1) is 11.8 Å². The molecular weight excluding hydrogens is 348 g/mol. The van der Waals surface area contributed by atoms with Gasteiger partial charge in [-0.3, -0.25) is 4.79 Å². The van der Waals surface area contributed by atoms with Gasteiger partial charge in [-0.25, -0.2) is 0 Å². The van der Waals surface area contributed by atoms with Crippen molar-refractivity contribution >= 4 is 17.7 Å². The fourth-order valence-electron chi connectivity index (χ4n) is 4.47. The Labute approximate surface area is 162 Å². The van der Waals surface area contributed by atoms with E-state index < -0.39 is 5.97 Å². The van der Waals surface area contributed by atoms with Gasteiger partial charge in [0.1, 0.15) is 0 Å². The molecular formula is C21H36O4S. The molecule has 0 aromatic rings. The number of carboxylic acid groups (broad SMARTS) is 1. The Morgan fingerprint density at radius 1 is 1.15 bits per heavy atom. The minimum absolute atomic E-state index is 0.158. The molecule has 5 atom stereocenters. The third-order valence-corrected chi connectivity index (χ3v) is 6.71. The molecule has 0 radical (unpaired) electrons. The van der Waals surface area contributed by atoms with Crippen LogP contribution in [-0.4, -0.2) is 46.0 Å². The number of rotatable bonds is 14. The van der Waals surface area contributed by atoms with Crippen LogP contribution in [0, 0.1) is 11.8 Å². The number of allylic oxidation sites excluding steroid dienone is 1. The number of carbonyl (C=O) groups is 1. The first-order valence-electron chi connectivity index (χ1n) is 10.4. The molecule has 0 amide bonds. The van der Waals surface area contributed by atoms with Crippen LogP contribution in [0.15, 0.2) is 12.2 Å². The molecule has 2 rings (SSSR count). The fourth-order valence-corrected chi connectivity index (χ4v) is 5.03. The van der Waals surface area contributed by atoms with Crippen molar-refractivity contribution in [3.8, 4) is 0 Å². The molecule has 0 aromatic heterocycles. The molecule has 0 aromatic carbocycles. The van der Waals surface area contributed by atoms with Gasteiger partial charge in [-0.2, -0.15) is 0 Å². The zero-order chi connectivity index (χ0) is 18.8. The molecule has 2 fully saturated rings. The van der Waals surface area contributed by atoms with Crippen molar-refractivity contribution in [1.29, 1.82) is 0 Å². The van der Waals surface area contributed by atoms with E-state index in [9.17, 15) is 9.90 Å². The highest BCUT2D eigenvalue weighted by molar-refractivity contribution is 8.00. The van der Waals surface area contributed by atoms with Crippen LogP contribution in [0.4, 0.5) is 0 Å². The lowest BCUT2D eigenvalue weighted by Crippen LogP contribution is -2.27. The molecule has 0 aliphatic carbocycles. The number of hydrogen-bond donors (Lipinski definition) is 2. The average molecular weight is 385 g/mol. The van der Waals surface area contributed by atoms with Crippen LogP contribution < -0.4 is 0 Å². The second-order valence-corrected chi connectivity index (χ2v) is 8.84. The molecule has 2 saturated heterocycles. The van der Waals surface area contributed by atoms with Crippen LogP contribution in [0.1, 0.15) is 71.1 Å². The van der Waals surface area contributed by atoms with Gasteiger partial charge >= 0.3 is 5.97 Å².